The minimum Gasteiger partial charge on any atom is -0.352 e. The van der Waals surface area contributed by atoms with E-state index in [9.17, 15) is 9.59 Å². The van der Waals surface area contributed by atoms with Gasteiger partial charge in [-0.25, -0.2) is 0 Å². The molecule has 2 amide bonds. The Labute approximate surface area is 158 Å². The average Bonchev–Trinajstić information content (AvgIpc) is 2.60. The minimum absolute atomic E-state index is 0.151. The summed E-state index contributed by atoms with van der Waals surface area (Å²) in [6.07, 6.45) is 0.151. The highest BCUT2D eigenvalue weighted by Crippen LogP contribution is 2.22. The number of carbonyl (C=O) groups excluding carboxylic acids is 2. The van der Waals surface area contributed by atoms with Crippen LogP contribution in [0.2, 0.25) is 5.02 Å². The molecule has 2 rings (SSSR count). The Kier molecular flexibility index (Phi) is 7.18. The van der Waals surface area contributed by atoms with Crippen LogP contribution in [0, 0.1) is 5.92 Å². The van der Waals surface area contributed by atoms with Gasteiger partial charge in [-0.2, -0.15) is 0 Å². The quantitative estimate of drug-likeness (QED) is 0.691. The van der Waals surface area contributed by atoms with Crippen molar-refractivity contribution in [1.29, 1.82) is 0 Å². The molecular weight excluding hydrogens is 350 g/mol. The summed E-state index contributed by atoms with van der Waals surface area (Å²) in [5.41, 5.74) is 7.87. The maximum atomic E-state index is 12.2. The molecule has 26 heavy (non-hydrogen) atoms. The minimum atomic E-state index is -0.382. The predicted octanol–water partition coefficient (Wildman–Crippen LogP) is 3.75. The highest BCUT2D eigenvalue weighted by molar-refractivity contribution is 6.34. The van der Waals surface area contributed by atoms with Crippen molar-refractivity contribution in [1.82, 2.24) is 5.32 Å². The normalized spacial score (nSPS) is 11.9. The van der Waals surface area contributed by atoms with Crippen LogP contribution in [0.4, 0.5) is 5.69 Å². The van der Waals surface area contributed by atoms with Crippen LogP contribution in [0.25, 0.3) is 0 Å². The zero-order valence-electron chi connectivity index (χ0n) is 15.0. The van der Waals surface area contributed by atoms with Gasteiger partial charge >= 0.3 is 0 Å². The first-order valence-electron chi connectivity index (χ1n) is 8.55. The first-order chi connectivity index (χ1) is 12.4. The van der Waals surface area contributed by atoms with Crippen LogP contribution in [0.15, 0.2) is 48.5 Å². The van der Waals surface area contributed by atoms with Crippen LogP contribution >= 0.6 is 11.6 Å². The van der Waals surface area contributed by atoms with Gasteiger partial charge in [0.2, 0.25) is 5.91 Å². The molecule has 0 aliphatic carbocycles. The monoisotopic (exact) mass is 373 g/mol. The lowest BCUT2D eigenvalue weighted by Crippen LogP contribution is -2.27. The van der Waals surface area contributed by atoms with Gasteiger partial charge in [-0.1, -0.05) is 55.8 Å². The van der Waals surface area contributed by atoms with Crippen molar-refractivity contribution in [2.45, 2.75) is 26.3 Å². The molecule has 0 fully saturated rings. The summed E-state index contributed by atoms with van der Waals surface area (Å²) in [4.78, 5) is 24.3. The zero-order chi connectivity index (χ0) is 19.1. The second-order valence-electron chi connectivity index (χ2n) is 6.57. The van der Waals surface area contributed by atoms with E-state index in [1.807, 2.05) is 44.2 Å². The van der Waals surface area contributed by atoms with Crippen molar-refractivity contribution < 1.29 is 9.59 Å². The predicted molar refractivity (Wildman–Crippen MR) is 105 cm³/mol. The van der Waals surface area contributed by atoms with Crippen molar-refractivity contribution in [2.75, 3.05) is 11.9 Å². The molecule has 6 heteroatoms. The van der Waals surface area contributed by atoms with Gasteiger partial charge in [-0.3, -0.25) is 9.59 Å². The number of anilines is 1. The van der Waals surface area contributed by atoms with Gasteiger partial charge in [0.1, 0.15) is 0 Å². The van der Waals surface area contributed by atoms with E-state index in [1.54, 1.807) is 18.2 Å². The van der Waals surface area contributed by atoms with Crippen molar-refractivity contribution in [2.24, 2.45) is 11.7 Å². The number of rotatable bonds is 7. The number of amides is 2. The summed E-state index contributed by atoms with van der Waals surface area (Å²) in [5, 5.41) is 5.87. The number of halogens is 1. The summed E-state index contributed by atoms with van der Waals surface area (Å²) in [6, 6.07) is 13.9. The number of nitrogens with two attached hydrogens (primary N) is 1. The molecule has 2 aromatic rings. The van der Waals surface area contributed by atoms with Crippen molar-refractivity contribution in [3.8, 4) is 0 Å². The third kappa shape index (κ3) is 5.86. The molecule has 0 aromatic heterocycles. The highest BCUT2D eigenvalue weighted by atomic mass is 35.5. The molecule has 0 spiro atoms. The lowest BCUT2D eigenvalue weighted by atomic mass is 10.0. The van der Waals surface area contributed by atoms with Gasteiger partial charge in [-0.05, 0) is 29.7 Å². The fourth-order valence-corrected chi connectivity index (χ4v) is 2.67. The zero-order valence-corrected chi connectivity index (χ0v) is 15.7. The van der Waals surface area contributed by atoms with Crippen LogP contribution in [-0.2, 0) is 4.79 Å². The van der Waals surface area contributed by atoms with E-state index in [0.29, 0.717) is 23.7 Å². The van der Waals surface area contributed by atoms with Crippen LogP contribution in [-0.4, -0.2) is 18.4 Å². The molecule has 2 aromatic carbocycles. The van der Waals surface area contributed by atoms with E-state index in [2.05, 4.69) is 10.6 Å². The molecule has 5 nitrogen and oxygen atoms in total. The van der Waals surface area contributed by atoms with Crippen molar-refractivity contribution >= 4 is 29.1 Å². The molecule has 0 saturated heterocycles. The van der Waals surface area contributed by atoms with Gasteiger partial charge in [0, 0.05) is 24.7 Å². The number of hydrogen-bond donors (Lipinski definition) is 3. The fraction of sp³-hybridized carbons (Fsp3) is 0.300. The maximum Gasteiger partial charge on any atom is 0.252 e. The Hall–Kier alpha value is -2.37. The smallest absolute Gasteiger partial charge is 0.252 e. The number of hydrogen-bond acceptors (Lipinski definition) is 3. The van der Waals surface area contributed by atoms with E-state index >= 15 is 0 Å². The van der Waals surface area contributed by atoms with Crippen molar-refractivity contribution in [3.05, 3.63) is 64.7 Å². The molecule has 0 aliphatic rings. The van der Waals surface area contributed by atoms with Gasteiger partial charge < -0.3 is 16.4 Å². The van der Waals surface area contributed by atoms with Crippen LogP contribution < -0.4 is 16.4 Å². The molecule has 0 aliphatic heterocycles. The molecule has 0 radical (unpaired) electrons. The van der Waals surface area contributed by atoms with Crippen LogP contribution in [0.5, 0.6) is 0 Å². The van der Waals surface area contributed by atoms with Gasteiger partial charge in [0.15, 0.2) is 0 Å². The second-order valence-corrected chi connectivity index (χ2v) is 6.98. The Bertz CT molecular complexity index is 763. The van der Waals surface area contributed by atoms with E-state index < -0.39 is 0 Å². The maximum absolute atomic E-state index is 12.2. The number of nitrogens with one attached hydrogen (secondary N) is 2. The SMILES string of the molecule is CC(C)CNC(=O)c1ccc(NC(=O)CC(N)c2ccccc2)cc1Cl. The molecule has 1 atom stereocenters. The molecule has 4 N–H and O–H groups in total. The molecular formula is C20H24ClN3O2. The Balaban J connectivity index is 1.96. The van der Waals surface area contributed by atoms with Crippen LogP contribution in [0.3, 0.4) is 0 Å². The summed E-state index contributed by atoms with van der Waals surface area (Å²) in [6.45, 7) is 4.60. The highest BCUT2D eigenvalue weighted by Gasteiger charge is 2.14. The third-order valence-electron chi connectivity index (χ3n) is 3.80. The van der Waals surface area contributed by atoms with E-state index in [4.69, 9.17) is 17.3 Å². The fourth-order valence-electron chi connectivity index (χ4n) is 2.40. The second kappa shape index (κ2) is 9.36. The Morgan fingerprint density at radius 3 is 2.42 bits per heavy atom. The van der Waals surface area contributed by atoms with Gasteiger partial charge in [-0.15, -0.1) is 0 Å². The summed E-state index contributed by atoms with van der Waals surface area (Å²) in [5.74, 6) is -0.0905. The van der Waals surface area contributed by atoms with E-state index in [1.165, 1.54) is 0 Å². The summed E-state index contributed by atoms with van der Waals surface area (Å²) in [7, 11) is 0. The first kappa shape index (κ1) is 19.9. The van der Waals surface area contributed by atoms with Crippen molar-refractivity contribution in [3.63, 3.8) is 0 Å². The Morgan fingerprint density at radius 2 is 1.81 bits per heavy atom. The molecule has 1 unspecified atom stereocenters. The first-order valence-corrected chi connectivity index (χ1v) is 8.92. The van der Waals surface area contributed by atoms with E-state index in [-0.39, 0.29) is 29.3 Å². The number of benzene rings is 2. The summed E-state index contributed by atoms with van der Waals surface area (Å²) >= 11 is 6.19. The van der Waals surface area contributed by atoms with Gasteiger partial charge in [0.25, 0.3) is 5.91 Å². The largest absolute Gasteiger partial charge is 0.352 e. The Morgan fingerprint density at radius 1 is 1.12 bits per heavy atom. The lowest BCUT2D eigenvalue weighted by molar-refractivity contribution is -0.116. The summed E-state index contributed by atoms with van der Waals surface area (Å²) < 4.78 is 0. The molecule has 0 saturated carbocycles. The topological polar surface area (TPSA) is 84.2 Å². The number of carbonyl (C=O) groups is 2. The standard InChI is InChI=1S/C20H24ClN3O2/c1-13(2)12-23-20(26)16-9-8-15(10-17(16)21)24-19(25)11-18(22)14-6-4-3-5-7-14/h3-10,13,18H,11-12,22H2,1-2H3,(H,23,26)(H,24,25). The lowest BCUT2D eigenvalue weighted by Gasteiger charge is -2.13. The third-order valence-corrected chi connectivity index (χ3v) is 4.11. The van der Waals surface area contributed by atoms with E-state index in [0.717, 1.165) is 5.56 Å². The average molecular weight is 374 g/mol. The molecule has 0 bridgehead atoms. The molecule has 0 heterocycles. The van der Waals surface area contributed by atoms with Crippen LogP contribution in [0.1, 0.15) is 42.2 Å². The molecule has 138 valence electrons. The van der Waals surface area contributed by atoms with Gasteiger partial charge in [0.05, 0.1) is 10.6 Å².